The van der Waals surface area contributed by atoms with Crippen LogP contribution in [0.15, 0.2) is 24.3 Å². The van der Waals surface area contributed by atoms with Gasteiger partial charge in [-0.25, -0.2) is 0 Å². The first kappa shape index (κ1) is 14.4. The Balaban J connectivity index is 1.83. The third-order valence-corrected chi connectivity index (χ3v) is 3.36. The second kappa shape index (κ2) is 6.93. The Bertz CT molecular complexity index is 484. The fraction of sp³-hybridized carbons (Fsp3) is 0.467. The van der Waals surface area contributed by atoms with Gasteiger partial charge in [0.25, 0.3) is 0 Å². The van der Waals surface area contributed by atoms with Crippen molar-refractivity contribution < 1.29 is 14.3 Å². The van der Waals surface area contributed by atoms with Crippen molar-refractivity contribution in [3.63, 3.8) is 0 Å². The van der Waals surface area contributed by atoms with Crippen LogP contribution in [0.5, 0.6) is 5.75 Å². The van der Waals surface area contributed by atoms with E-state index in [1.54, 1.807) is 12.1 Å². The van der Waals surface area contributed by atoms with E-state index < -0.39 is 0 Å². The Labute approximate surface area is 118 Å². The summed E-state index contributed by atoms with van der Waals surface area (Å²) < 4.78 is 5.43. The minimum atomic E-state index is -0.246. The van der Waals surface area contributed by atoms with E-state index in [1.807, 2.05) is 19.1 Å². The van der Waals surface area contributed by atoms with Gasteiger partial charge in [0.2, 0.25) is 11.8 Å². The van der Waals surface area contributed by atoms with E-state index in [0.717, 1.165) is 19.3 Å². The maximum Gasteiger partial charge on any atom is 0.243 e. The Morgan fingerprint density at radius 2 is 2.05 bits per heavy atom. The number of benzene rings is 1. The lowest BCUT2D eigenvalue weighted by Gasteiger charge is -2.23. The molecule has 0 aliphatic heterocycles. The highest BCUT2D eigenvalue weighted by molar-refractivity contribution is 5.95. The van der Waals surface area contributed by atoms with E-state index in [9.17, 15) is 9.59 Å². The van der Waals surface area contributed by atoms with Gasteiger partial charge < -0.3 is 15.4 Å². The van der Waals surface area contributed by atoms with Crippen LogP contribution in [0.25, 0.3) is 0 Å². The van der Waals surface area contributed by atoms with Gasteiger partial charge in [-0.1, -0.05) is 18.6 Å². The molecule has 1 aromatic rings. The van der Waals surface area contributed by atoms with Gasteiger partial charge in [-0.3, -0.25) is 9.59 Å². The lowest BCUT2D eigenvalue weighted by Crippen LogP contribution is -2.39. The van der Waals surface area contributed by atoms with Crippen LogP contribution in [-0.2, 0) is 9.59 Å². The zero-order valence-electron chi connectivity index (χ0n) is 11.6. The molecular formula is C15H20N2O3. The Hall–Kier alpha value is -2.04. The molecule has 2 N–H and O–H groups in total. The van der Waals surface area contributed by atoms with Crippen molar-refractivity contribution in [2.45, 2.75) is 26.2 Å². The van der Waals surface area contributed by atoms with E-state index >= 15 is 0 Å². The maximum absolute atomic E-state index is 11.8. The summed E-state index contributed by atoms with van der Waals surface area (Å²) in [6.45, 7) is 2.42. The summed E-state index contributed by atoms with van der Waals surface area (Å²) in [6.07, 6.45) is 2.97. The molecule has 1 saturated carbocycles. The number of rotatable bonds is 6. The van der Waals surface area contributed by atoms with Crippen LogP contribution in [0.4, 0.5) is 5.69 Å². The topological polar surface area (TPSA) is 67.4 Å². The van der Waals surface area contributed by atoms with Gasteiger partial charge in [0.05, 0.1) is 18.8 Å². The van der Waals surface area contributed by atoms with Crippen molar-refractivity contribution in [3.05, 3.63) is 24.3 Å². The van der Waals surface area contributed by atoms with Crippen LogP contribution in [-0.4, -0.2) is 25.0 Å². The predicted molar refractivity (Wildman–Crippen MR) is 76.6 cm³/mol. The number of para-hydroxylation sites is 2. The maximum atomic E-state index is 11.8. The lowest BCUT2D eigenvalue weighted by molar-refractivity contribution is -0.129. The molecule has 0 atom stereocenters. The number of hydrogen-bond acceptors (Lipinski definition) is 3. The Morgan fingerprint density at radius 3 is 2.70 bits per heavy atom. The largest absolute Gasteiger partial charge is 0.492 e. The number of amides is 2. The second-order valence-corrected chi connectivity index (χ2v) is 4.82. The SMILES string of the molecule is CCOc1ccccc1NC(=O)CNC(=O)C1CCC1. The number of hydrogen-bond donors (Lipinski definition) is 2. The molecule has 0 radical (unpaired) electrons. The molecular weight excluding hydrogens is 256 g/mol. The number of carbonyl (C=O) groups is 2. The molecule has 0 spiro atoms. The average Bonchev–Trinajstić information content (AvgIpc) is 2.37. The van der Waals surface area contributed by atoms with Gasteiger partial charge in [-0.15, -0.1) is 0 Å². The minimum absolute atomic E-state index is 0.00417. The zero-order chi connectivity index (χ0) is 14.4. The van der Waals surface area contributed by atoms with Crippen molar-refractivity contribution in [2.75, 3.05) is 18.5 Å². The molecule has 2 amide bonds. The van der Waals surface area contributed by atoms with Crippen molar-refractivity contribution in [2.24, 2.45) is 5.92 Å². The van der Waals surface area contributed by atoms with Crippen LogP contribution < -0.4 is 15.4 Å². The van der Waals surface area contributed by atoms with Crippen molar-refractivity contribution >= 4 is 17.5 Å². The summed E-state index contributed by atoms with van der Waals surface area (Å²) in [5.41, 5.74) is 0.622. The first-order chi connectivity index (χ1) is 9.70. The summed E-state index contributed by atoms with van der Waals surface area (Å²) in [5.74, 6) is 0.460. The monoisotopic (exact) mass is 276 g/mol. The molecule has 108 valence electrons. The van der Waals surface area contributed by atoms with Gasteiger partial charge in [0, 0.05) is 5.92 Å². The normalized spacial score (nSPS) is 14.2. The summed E-state index contributed by atoms with van der Waals surface area (Å²) >= 11 is 0. The van der Waals surface area contributed by atoms with Crippen LogP contribution in [0.1, 0.15) is 26.2 Å². The van der Waals surface area contributed by atoms with E-state index in [1.165, 1.54) is 0 Å². The number of anilines is 1. The molecule has 20 heavy (non-hydrogen) atoms. The third kappa shape index (κ3) is 3.73. The van der Waals surface area contributed by atoms with E-state index in [4.69, 9.17) is 4.74 Å². The minimum Gasteiger partial charge on any atom is -0.492 e. The Kier molecular flexibility index (Phi) is 4.98. The fourth-order valence-corrected chi connectivity index (χ4v) is 2.03. The molecule has 0 aromatic heterocycles. The molecule has 1 aliphatic carbocycles. The standard InChI is InChI=1S/C15H20N2O3/c1-2-20-13-9-4-3-8-12(13)17-14(18)10-16-15(19)11-6-5-7-11/h3-4,8-9,11H,2,5-7,10H2,1H3,(H,16,19)(H,17,18). The van der Waals surface area contributed by atoms with Crippen LogP contribution >= 0.6 is 0 Å². The molecule has 2 rings (SSSR count). The summed E-state index contributed by atoms with van der Waals surface area (Å²) in [7, 11) is 0. The molecule has 5 heteroatoms. The molecule has 0 saturated heterocycles. The van der Waals surface area contributed by atoms with Crippen LogP contribution in [0.3, 0.4) is 0 Å². The van der Waals surface area contributed by atoms with Crippen molar-refractivity contribution in [1.82, 2.24) is 5.32 Å². The molecule has 1 fully saturated rings. The Morgan fingerprint density at radius 1 is 1.30 bits per heavy atom. The van der Waals surface area contributed by atoms with E-state index in [-0.39, 0.29) is 24.3 Å². The summed E-state index contributed by atoms with van der Waals surface area (Å²) in [5, 5.41) is 5.41. The highest BCUT2D eigenvalue weighted by Gasteiger charge is 2.25. The van der Waals surface area contributed by atoms with Crippen molar-refractivity contribution in [3.8, 4) is 5.75 Å². The third-order valence-electron chi connectivity index (χ3n) is 3.36. The van der Waals surface area contributed by atoms with E-state index in [2.05, 4.69) is 10.6 Å². The zero-order valence-corrected chi connectivity index (χ0v) is 11.6. The van der Waals surface area contributed by atoms with Gasteiger partial charge in [-0.2, -0.15) is 0 Å². The fourth-order valence-electron chi connectivity index (χ4n) is 2.03. The van der Waals surface area contributed by atoms with Crippen LogP contribution in [0.2, 0.25) is 0 Å². The van der Waals surface area contributed by atoms with Gasteiger partial charge in [0.1, 0.15) is 5.75 Å². The molecule has 1 aromatic carbocycles. The highest BCUT2D eigenvalue weighted by Crippen LogP contribution is 2.26. The van der Waals surface area contributed by atoms with Crippen molar-refractivity contribution in [1.29, 1.82) is 0 Å². The smallest absolute Gasteiger partial charge is 0.243 e. The molecule has 0 unspecified atom stereocenters. The quantitative estimate of drug-likeness (QED) is 0.834. The van der Waals surface area contributed by atoms with Gasteiger partial charge in [0.15, 0.2) is 0 Å². The molecule has 0 bridgehead atoms. The first-order valence-electron chi connectivity index (χ1n) is 7.00. The molecule has 0 heterocycles. The highest BCUT2D eigenvalue weighted by atomic mass is 16.5. The summed E-state index contributed by atoms with van der Waals surface area (Å²) in [4.78, 5) is 23.5. The first-order valence-corrected chi connectivity index (χ1v) is 7.00. The number of carbonyl (C=O) groups excluding carboxylic acids is 2. The summed E-state index contributed by atoms with van der Waals surface area (Å²) in [6, 6.07) is 7.24. The average molecular weight is 276 g/mol. The second-order valence-electron chi connectivity index (χ2n) is 4.82. The lowest BCUT2D eigenvalue weighted by atomic mass is 9.85. The van der Waals surface area contributed by atoms with E-state index in [0.29, 0.717) is 18.0 Å². The number of ether oxygens (including phenoxy) is 1. The molecule has 1 aliphatic rings. The number of nitrogens with one attached hydrogen (secondary N) is 2. The van der Waals surface area contributed by atoms with Crippen LogP contribution in [0, 0.1) is 5.92 Å². The predicted octanol–water partition coefficient (Wildman–Crippen LogP) is 1.94. The van der Waals surface area contributed by atoms with Gasteiger partial charge in [-0.05, 0) is 31.9 Å². The molecule has 5 nitrogen and oxygen atoms in total. The van der Waals surface area contributed by atoms with Gasteiger partial charge >= 0.3 is 0 Å².